The van der Waals surface area contributed by atoms with Crippen LogP contribution in [0.25, 0.3) is 0 Å². The van der Waals surface area contributed by atoms with Gasteiger partial charge in [0.1, 0.15) is 5.84 Å². The van der Waals surface area contributed by atoms with E-state index >= 15 is 0 Å². The van der Waals surface area contributed by atoms with Crippen LogP contribution >= 0.6 is 0 Å². The summed E-state index contributed by atoms with van der Waals surface area (Å²) < 4.78 is 26.5. The number of amidine groups is 1. The van der Waals surface area contributed by atoms with Crippen molar-refractivity contribution in [2.75, 3.05) is 20.1 Å². The third kappa shape index (κ3) is 2.47. The first-order valence-corrected chi connectivity index (χ1v) is 6.34. The van der Waals surface area contributed by atoms with E-state index in [1.165, 1.54) is 11.4 Å². The van der Waals surface area contributed by atoms with Crippen LogP contribution in [0.3, 0.4) is 0 Å². The Labute approximate surface area is 90.7 Å². The van der Waals surface area contributed by atoms with Crippen LogP contribution in [0.4, 0.5) is 0 Å². The lowest BCUT2D eigenvalue weighted by molar-refractivity contribution is 0.382. The largest absolute Gasteiger partial charge is 0.386 e. The van der Waals surface area contributed by atoms with Gasteiger partial charge in [-0.1, -0.05) is 0 Å². The third-order valence-corrected chi connectivity index (χ3v) is 4.81. The molecule has 1 saturated heterocycles. The molecule has 0 aromatic carbocycles. The minimum Gasteiger partial charge on any atom is -0.386 e. The SMILES string of the molecule is CC(C(=N)N)N(C)S(=O)(=O)N1CCCC1. The highest BCUT2D eigenvalue weighted by atomic mass is 32.2. The van der Waals surface area contributed by atoms with Crippen LogP contribution in [0.5, 0.6) is 0 Å². The average Bonchev–Trinajstić information content (AvgIpc) is 2.68. The maximum atomic E-state index is 12.0. The molecule has 0 amide bonds. The maximum Gasteiger partial charge on any atom is 0.282 e. The Bertz CT molecular complexity index is 335. The highest BCUT2D eigenvalue weighted by Crippen LogP contribution is 2.16. The Morgan fingerprint density at radius 1 is 1.47 bits per heavy atom. The number of nitrogens with zero attached hydrogens (tertiary/aromatic N) is 2. The summed E-state index contributed by atoms with van der Waals surface area (Å²) in [5.41, 5.74) is 5.29. The molecule has 0 spiro atoms. The second kappa shape index (κ2) is 4.46. The third-order valence-electron chi connectivity index (χ3n) is 2.75. The average molecular weight is 234 g/mol. The van der Waals surface area contributed by atoms with E-state index in [-0.39, 0.29) is 5.84 Å². The normalized spacial score (nSPS) is 20.7. The molecule has 1 fully saturated rings. The van der Waals surface area contributed by atoms with Gasteiger partial charge in [0, 0.05) is 20.1 Å². The predicted molar refractivity (Wildman–Crippen MR) is 58.9 cm³/mol. The number of hydrogen-bond acceptors (Lipinski definition) is 3. The Balaban J connectivity index is 2.80. The van der Waals surface area contributed by atoms with Gasteiger partial charge in [0.25, 0.3) is 10.2 Å². The zero-order valence-corrected chi connectivity index (χ0v) is 9.92. The van der Waals surface area contributed by atoms with Gasteiger partial charge in [-0.05, 0) is 19.8 Å². The monoisotopic (exact) mass is 234 g/mol. The second-order valence-corrected chi connectivity index (χ2v) is 5.75. The molecule has 3 N–H and O–H groups in total. The summed E-state index contributed by atoms with van der Waals surface area (Å²) in [7, 11) is -1.98. The van der Waals surface area contributed by atoms with Crippen LogP contribution in [-0.2, 0) is 10.2 Å². The zero-order valence-electron chi connectivity index (χ0n) is 9.10. The Kier molecular flexibility index (Phi) is 3.69. The van der Waals surface area contributed by atoms with Crippen molar-refractivity contribution in [1.82, 2.24) is 8.61 Å². The molecular formula is C8H18N4O2S. The predicted octanol–water partition coefficient (Wildman–Crippen LogP) is -0.417. The molecule has 1 aliphatic rings. The number of hydrogen-bond donors (Lipinski definition) is 2. The van der Waals surface area contributed by atoms with Crippen LogP contribution in [0.15, 0.2) is 0 Å². The van der Waals surface area contributed by atoms with E-state index in [4.69, 9.17) is 11.1 Å². The number of rotatable bonds is 4. The van der Waals surface area contributed by atoms with Crippen LogP contribution in [0.1, 0.15) is 19.8 Å². The fourth-order valence-electron chi connectivity index (χ4n) is 1.50. The molecule has 15 heavy (non-hydrogen) atoms. The molecule has 1 heterocycles. The molecule has 1 atom stereocenters. The van der Waals surface area contributed by atoms with Crippen LogP contribution in [0, 0.1) is 5.41 Å². The standard InChI is InChI=1S/C8H18N4O2S/c1-7(8(9)10)11(2)15(13,14)12-5-3-4-6-12/h7H,3-6H2,1-2H3,(H3,9,10). The summed E-state index contributed by atoms with van der Waals surface area (Å²) in [6.45, 7) is 2.74. The van der Waals surface area contributed by atoms with E-state index in [1.807, 2.05) is 0 Å². The van der Waals surface area contributed by atoms with Crippen molar-refractivity contribution in [3.05, 3.63) is 0 Å². The van der Waals surface area contributed by atoms with Gasteiger partial charge in [0.2, 0.25) is 0 Å². The number of nitrogens with two attached hydrogens (primary N) is 1. The Morgan fingerprint density at radius 2 is 1.93 bits per heavy atom. The van der Waals surface area contributed by atoms with Gasteiger partial charge in [-0.15, -0.1) is 0 Å². The first kappa shape index (κ1) is 12.4. The highest BCUT2D eigenvalue weighted by Gasteiger charge is 2.32. The molecule has 0 saturated carbocycles. The van der Waals surface area contributed by atoms with Crippen LogP contribution in [0.2, 0.25) is 0 Å². The van der Waals surface area contributed by atoms with Crippen molar-refractivity contribution in [1.29, 1.82) is 5.41 Å². The lowest BCUT2D eigenvalue weighted by atomic mass is 10.3. The van der Waals surface area contributed by atoms with E-state index in [0.717, 1.165) is 17.1 Å². The number of likely N-dealkylation sites (N-methyl/N-ethyl adjacent to an activating group) is 1. The summed E-state index contributed by atoms with van der Waals surface area (Å²) in [5.74, 6) is -0.139. The van der Waals surface area contributed by atoms with Crippen molar-refractivity contribution in [3.63, 3.8) is 0 Å². The smallest absolute Gasteiger partial charge is 0.282 e. The van der Waals surface area contributed by atoms with Crippen LogP contribution in [-0.4, -0.2) is 49.0 Å². The highest BCUT2D eigenvalue weighted by molar-refractivity contribution is 7.86. The second-order valence-electron chi connectivity index (χ2n) is 3.76. The maximum absolute atomic E-state index is 12.0. The van der Waals surface area contributed by atoms with Gasteiger partial charge in [-0.25, -0.2) is 0 Å². The minimum atomic E-state index is -3.44. The van der Waals surface area contributed by atoms with E-state index < -0.39 is 16.3 Å². The van der Waals surface area contributed by atoms with Crippen molar-refractivity contribution < 1.29 is 8.42 Å². The Morgan fingerprint density at radius 3 is 2.33 bits per heavy atom. The van der Waals surface area contributed by atoms with E-state index in [0.29, 0.717) is 13.1 Å². The zero-order chi connectivity index (χ0) is 11.6. The fourth-order valence-corrected chi connectivity index (χ4v) is 3.09. The molecule has 0 aliphatic carbocycles. The lowest BCUT2D eigenvalue weighted by Crippen LogP contribution is -2.48. The summed E-state index contributed by atoms with van der Waals surface area (Å²) in [4.78, 5) is 0. The summed E-state index contributed by atoms with van der Waals surface area (Å²) in [5, 5.41) is 7.23. The molecule has 0 radical (unpaired) electrons. The molecule has 0 aromatic heterocycles. The molecule has 88 valence electrons. The van der Waals surface area contributed by atoms with Crippen LogP contribution < -0.4 is 5.73 Å². The first-order valence-electron chi connectivity index (χ1n) is 4.94. The quantitative estimate of drug-likeness (QED) is 0.511. The summed E-state index contributed by atoms with van der Waals surface area (Å²) >= 11 is 0. The molecule has 6 nitrogen and oxygen atoms in total. The Hall–Kier alpha value is -0.660. The minimum absolute atomic E-state index is 0.139. The summed E-state index contributed by atoms with van der Waals surface area (Å²) in [6.07, 6.45) is 1.81. The van der Waals surface area contributed by atoms with Crippen molar-refractivity contribution in [2.24, 2.45) is 5.73 Å². The molecular weight excluding hydrogens is 216 g/mol. The molecule has 0 aromatic rings. The van der Waals surface area contributed by atoms with Gasteiger partial charge in [-0.2, -0.15) is 17.0 Å². The van der Waals surface area contributed by atoms with E-state index in [1.54, 1.807) is 6.92 Å². The van der Waals surface area contributed by atoms with Gasteiger partial charge in [0.05, 0.1) is 6.04 Å². The molecule has 0 bridgehead atoms. The molecule has 7 heteroatoms. The topological polar surface area (TPSA) is 90.5 Å². The van der Waals surface area contributed by atoms with Crippen molar-refractivity contribution in [3.8, 4) is 0 Å². The molecule has 1 rings (SSSR count). The van der Waals surface area contributed by atoms with Crippen molar-refractivity contribution >= 4 is 16.0 Å². The van der Waals surface area contributed by atoms with Gasteiger partial charge in [0.15, 0.2) is 0 Å². The molecule has 1 unspecified atom stereocenters. The van der Waals surface area contributed by atoms with E-state index in [9.17, 15) is 8.42 Å². The van der Waals surface area contributed by atoms with E-state index in [2.05, 4.69) is 0 Å². The number of nitrogens with one attached hydrogen (secondary N) is 1. The lowest BCUT2D eigenvalue weighted by Gasteiger charge is -2.27. The molecule has 1 aliphatic heterocycles. The first-order chi connectivity index (χ1) is 6.87. The van der Waals surface area contributed by atoms with Gasteiger partial charge in [-0.3, -0.25) is 5.41 Å². The van der Waals surface area contributed by atoms with Gasteiger partial charge < -0.3 is 5.73 Å². The summed E-state index contributed by atoms with van der Waals surface area (Å²) in [6, 6.07) is -0.587. The van der Waals surface area contributed by atoms with Crippen molar-refractivity contribution in [2.45, 2.75) is 25.8 Å². The van der Waals surface area contributed by atoms with Gasteiger partial charge >= 0.3 is 0 Å². The fraction of sp³-hybridized carbons (Fsp3) is 0.875.